The van der Waals surface area contributed by atoms with Gasteiger partial charge >= 0.3 is 0 Å². The third kappa shape index (κ3) is 4.55. The van der Waals surface area contributed by atoms with Gasteiger partial charge in [-0.25, -0.2) is 4.57 Å². The maximum Gasteiger partial charge on any atom is 0.185 e. The fourth-order valence-electron chi connectivity index (χ4n) is 2.44. The first-order chi connectivity index (χ1) is 12.1. The minimum atomic E-state index is -0.149. The fraction of sp³-hybridized carbons (Fsp3) is 0.0476. The fourth-order valence-corrected chi connectivity index (χ4v) is 2.63. The van der Waals surface area contributed by atoms with E-state index >= 15 is 0 Å². The molecule has 2 aromatic carbocycles. The first kappa shape index (κ1) is 16.9. The van der Waals surface area contributed by atoms with Gasteiger partial charge in [-0.3, -0.25) is 4.79 Å². The number of nitrogens with zero attached hydrogens (tertiary/aromatic N) is 1. The van der Waals surface area contributed by atoms with Gasteiger partial charge in [0.05, 0.1) is 5.02 Å². The summed E-state index contributed by atoms with van der Waals surface area (Å²) >= 11 is 6.18. The zero-order chi connectivity index (χ0) is 17.6. The number of hydrogen-bond donors (Lipinski definition) is 1. The SMILES string of the molecule is O=C(/C=C/c1cc[n+](Cc2ccccc2Cl)cc1)c1cccc(O)c1. The zero-order valence-corrected chi connectivity index (χ0v) is 14.2. The smallest absolute Gasteiger partial charge is 0.185 e. The average Bonchev–Trinajstić information content (AvgIpc) is 2.63. The standard InChI is InChI=1S/C21H16ClNO2/c22-20-7-2-1-4-18(20)15-23-12-10-16(11-13-23)8-9-21(25)17-5-3-6-19(24)14-17/h1-14H,15H2/p+1/b9-8+. The predicted molar refractivity (Wildman–Crippen MR) is 98.7 cm³/mol. The first-order valence-electron chi connectivity index (χ1n) is 7.86. The molecule has 0 aliphatic rings. The molecule has 0 bridgehead atoms. The van der Waals surface area contributed by atoms with E-state index in [2.05, 4.69) is 0 Å². The van der Waals surface area contributed by atoms with Gasteiger partial charge in [-0.1, -0.05) is 48.0 Å². The van der Waals surface area contributed by atoms with Crippen LogP contribution in [0.2, 0.25) is 5.02 Å². The van der Waals surface area contributed by atoms with Crippen LogP contribution >= 0.6 is 11.6 Å². The number of phenolic OH excluding ortho intramolecular Hbond substituents is 1. The number of aromatic hydroxyl groups is 1. The lowest BCUT2D eigenvalue weighted by Gasteiger charge is -2.01. The van der Waals surface area contributed by atoms with Crippen molar-refractivity contribution < 1.29 is 14.5 Å². The molecule has 124 valence electrons. The molecule has 3 rings (SSSR count). The number of phenols is 1. The summed E-state index contributed by atoms with van der Waals surface area (Å²) in [7, 11) is 0. The molecule has 0 saturated heterocycles. The van der Waals surface area contributed by atoms with E-state index in [-0.39, 0.29) is 11.5 Å². The highest BCUT2D eigenvalue weighted by Crippen LogP contribution is 2.14. The summed E-state index contributed by atoms with van der Waals surface area (Å²) in [5.74, 6) is -0.0664. The largest absolute Gasteiger partial charge is 0.508 e. The molecule has 1 heterocycles. The number of aromatic nitrogens is 1. The van der Waals surface area contributed by atoms with Crippen molar-refractivity contribution in [1.82, 2.24) is 0 Å². The maximum absolute atomic E-state index is 12.1. The van der Waals surface area contributed by atoms with Gasteiger partial charge in [-0.2, -0.15) is 0 Å². The van der Waals surface area contributed by atoms with Crippen LogP contribution in [-0.2, 0) is 6.54 Å². The molecular weight excluding hydrogens is 334 g/mol. The maximum atomic E-state index is 12.1. The summed E-state index contributed by atoms with van der Waals surface area (Å²) in [5.41, 5.74) is 2.43. The predicted octanol–water partition coefficient (Wildman–Crippen LogP) is 4.28. The van der Waals surface area contributed by atoms with Crippen LogP contribution in [0.1, 0.15) is 21.5 Å². The third-order valence-electron chi connectivity index (χ3n) is 3.79. The number of benzene rings is 2. The van der Waals surface area contributed by atoms with E-state index < -0.39 is 0 Å². The Morgan fingerprint density at radius 1 is 1.04 bits per heavy atom. The van der Waals surface area contributed by atoms with Gasteiger partial charge in [0.15, 0.2) is 24.7 Å². The summed E-state index contributed by atoms with van der Waals surface area (Å²) < 4.78 is 2.02. The molecule has 0 atom stereocenters. The van der Waals surface area contributed by atoms with Crippen molar-refractivity contribution in [2.24, 2.45) is 0 Å². The normalized spacial score (nSPS) is 10.9. The summed E-state index contributed by atoms with van der Waals surface area (Å²) in [4.78, 5) is 12.1. The lowest BCUT2D eigenvalue weighted by atomic mass is 10.1. The molecule has 25 heavy (non-hydrogen) atoms. The molecule has 1 aromatic heterocycles. The lowest BCUT2D eigenvalue weighted by Crippen LogP contribution is -2.33. The molecule has 0 aliphatic carbocycles. The first-order valence-corrected chi connectivity index (χ1v) is 8.23. The van der Waals surface area contributed by atoms with Gasteiger partial charge in [0.25, 0.3) is 0 Å². The van der Waals surface area contributed by atoms with Crippen LogP contribution in [0.4, 0.5) is 0 Å². The molecule has 3 aromatic rings. The lowest BCUT2D eigenvalue weighted by molar-refractivity contribution is -0.688. The Hall–Kier alpha value is -2.91. The van der Waals surface area contributed by atoms with Crippen molar-refractivity contribution in [3.05, 3.63) is 101 Å². The van der Waals surface area contributed by atoms with Gasteiger partial charge in [-0.15, -0.1) is 0 Å². The number of carbonyl (C=O) groups is 1. The Kier molecular flexibility index (Phi) is 5.26. The highest BCUT2D eigenvalue weighted by Gasteiger charge is 2.06. The van der Waals surface area contributed by atoms with Crippen LogP contribution in [0.25, 0.3) is 6.08 Å². The third-order valence-corrected chi connectivity index (χ3v) is 4.15. The minimum absolute atomic E-state index is 0.0829. The van der Waals surface area contributed by atoms with Crippen molar-refractivity contribution in [3.8, 4) is 5.75 Å². The summed E-state index contributed by atoms with van der Waals surface area (Å²) in [5, 5.41) is 10.2. The minimum Gasteiger partial charge on any atom is -0.508 e. The number of pyridine rings is 1. The van der Waals surface area contributed by atoms with Crippen molar-refractivity contribution >= 4 is 23.5 Å². The van der Waals surface area contributed by atoms with Crippen molar-refractivity contribution in [2.45, 2.75) is 6.54 Å². The number of allylic oxidation sites excluding steroid dienone is 1. The summed E-state index contributed by atoms with van der Waals surface area (Å²) in [6.45, 7) is 0.686. The second kappa shape index (κ2) is 7.77. The van der Waals surface area contributed by atoms with Gasteiger partial charge in [0.1, 0.15) is 5.75 Å². The zero-order valence-electron chi connectivity index (χ0n) is 13.5. The topological polar surface area (TPSA) is 41.2 Å². The van der Waals surface area contributed by atoms with Crippen LogP contribution in [0.15, 0.2) is 79.1 Å². The van der Waals surface area contributed by atoms with E-state index in [1.165, 1.54) is 18.2 Å². The number of halogens is 1. The molecule has 0 fully saturated rings. The van der Waals surface area contributed by atoms with Crippen LogP contribution in [0.5, 0.6) is 5.75 Å². The van der Waals surface area contributed by atoms with Gasteiger partial charge in [0, 0.05) is 23.3 Å². The average molecular weight is 351 g/mol. The van der Waals surface area contributed by atoms with Gasteiger partial charge in [-0.05, 0) is 29.8 Å². The summed E-state index contributed by atoms with van der Waals surface area (Å²) in [6, 6.07) is 17.9. The number of rotatable bonds is 5. The Morgan fingerprint density at radius 3 is 2.52 bits per heavy atom. The molecule has 0 saturated carbocycles. The summed E-state index contributed by atoms with van der Waals surface area (Å²) in [6.07, 6.45) is 7.15. The van der Waals surface area contributed by atoms with E-state index in [4.69, 9.17) is 11.6 Å². The molecule has 0 spiro atoms. The van der Waals surface area contributed by atoms with E-state index in [1.807, 2.05) is 53.4 Å². The Morgan fingerprint density at radius 2 is 1.80 bits per heavy atom. The quantitative estimate of drug-likeness (QED) is 0.424. The van der Waals surface area contributed by atoms with E-state index in [0.29, 0.717) is 12.1 Å². The highest BCUT2D eigenvalue weighted by atomic mass is 35.5. The Bertz CT molecular complexity index is 917. The van der Waals surface area contributed by atoms with Gasteiger partial charge in [0.2, 0.25) is 0 Å². The van der Waals surface area contributed by atoms with Crippen LogP contribution in [0, 0.1) is 0 Å². The second-order valence-electron chi connectivity index (χ2n) is 5.64. The molecule has 4 heteroatoms. The molecular formula is C21H17ClNO2+. The van der Waals surface area contributed by atoms with Gasteiger partial charge < -0.3 is 5.11 Å². The Labute approximate surface area is 151 Å². The van der Waals surface area contributed by atoms with E-state index in [9.17, 15) is 9.90 Å². The Balaban J connectivity index is 1.68. The monoisotopic (exact) mass is 350 g/mol. The molecule has 1 N–H and O–H groups in total. The van der Waals surface area contributed by atoms with Crippen molar-refractivity contribution in [1.29, 1.82) is 0 Å². The molecule has 0 radical (unpaired) electrons. The molecule has 0 amide bonds. The molecule has 0 aliphatic heterocycles. The number of hydrogen-bond acceptors (Lipinski definition) is 2. The van der Waals surface area contributed by atoms with E-state index in [1.54, 1.807) is 18.2 Å². The molecule has 0 unspecified atom stereocenters. The number of ketones is 1. The highest BCUT2D eigenvalue weighted by molar-refractivity contribution is 6.31. The molecule has 3 nitrogen and oxygen atoms in total. The second-order valence-corrected chi connectivity index (χ2v) is 6.05. The van der Waals surface area contributed by atoms with Crippen LogP contribution in [-0.4, -0.2) is 10.9 Å². The van der Waals surface area contributed by atoms with Crippen molar-refractivity contribution in [2.75, 3.05) is 0 Å². The number of carbonyl (C=O) groups excluding carboxylic acids is 1. The van der Waals surface area contributed by atoms with Crippen LogP contribution < -0.4 is 4.57 Å². The van der Waals surface area contributed by atoms with E-state index in [0.717, 1.165) is 16.1 Å². The van der Waals surface area contributed by atoms with Crippen LogP contribution in [0.3, 0.4) is 0 Å². The van der Waals surface area contributed by atoms with Crippen molar-refractivity contribution in [3.63, 3.8) is 0 Å².